The van der Waals surface area contributed by atoms with Gasteiger partial charge in [-0.2, -0.15) is 0 Å². The van der Waals surface area contributed by atoms with Gasteiger partial charge in [0.1, 0.15) is 0 Å². The van der Waals surface area contributed by atoms with E-state index in [4.69, 9.17) is 5.73 Å². The Balaban J connectivity index is 2.14. The molecule has 1 aliphatic rings. The molecule has 1 amide bonds. The molecule has 1 aromatic carbocycles. The molecule has 0 aliphatic carbocycles. The van der Waals surface area contributed by atoms with Crippen LogP contribution >= 0.6 is 0 Å². The number of nitrogen functional groups attached to an aromatic ring is 1. The molecule has 0 saturated carbocycles. The average Bonchev–Trinajstić information content (AvgIpc) is 2.42. The summed E-state index contributed by atoms with van der Waals surface area (Å²) in [5.74, 6) is 0.226. The highest BCUT2D eigenvalue weighted by Gasteiger charge is 2.24. The maximum absolute atomic E-state index is 12.1. The minimum Gasteiger partial charge on any atom is -0.399 e. The molecular weight excluding hydrogens is 238 g/mol. The molecule has 4 heteroatoms. The lowest BCUT2D eigenvalue weighted by atomic mass is 10.0. The van der Waals surface area contributed by atoms with Crippen molar-refractivity contribution < 1.29 is 4.79 Å². The Kier molecular flexibility index (Phi) is 4.43. The number of fused-ring (bicyclic) bond motifs is 1. The van der Waals surface area contributed by atoms with Crippen LogP contribution in [0.1, 0.15) is 25.8 Å². The van der Waals surface area contributed by atoms with Crippen molar-refractivity contribution in [1.29, 1.82) is 0 Å². The van der Waals surface area contributed by atoms with E-state index in [2.05, 4.69) is 18.7 Å². The van der Waals surface area contributed by atoms with Crippen LogP contribution in [0.5, 0.6) is 0 Å². The van der Waals surface area contributed by atoms with Gasteiger partial charge in [0.05, 0.1) is 0 Å². The predicted octanol–water partition coefficient (Wildman–Crippen LogP) is 1.89. The fraction of sp³-hybridized carbons (Fsp3) is 0.533. The van der Waals surface area contributed by atoms with Crippen LogP contribution in [0, 0.1) is 0 Å². The summed E-state index contributed by atoms with van der Waals surface area (Å²) in [5.41, 5.74) is 8.82. The van der Waals surface area contributed by atoms with Crippen LogP contribution in [-0.2, 0) is 11.2 Å². The Hall–Kier alpha value is -1.55. The van der Waals surface area contributed by atoms with Crippen molar-refractivity contribution in [3.63, 3.8) is 0 Å². The number of hydrogen-bond donors (Lipinski definition) is 1. The zero-order valence-corrected chi connectivity index (χ0v) is 11.9. The molecule has 0 saturated heterocycles. The van der Waals surface area contributed by atoms with Crippen LogP contribution in [0.2, 0.25) is 0 Å². The van der Waals surface area contributed by atoms with Gasteiger partial charge < -0.3 is 15.5 Å². The van der Waals surface area contributed by atoms with Crippen molar-refractivity contribution in [2.24, 2.45) is 0 Å². The minimum absolute atomic E-state index is 0.226. The number of carbonyl (C=O) groups excluding carboxylic acids is 1. The van der Waals surface area contributed by atoms with Crippen molar-refractivity contribution in [3.8, 4) is 0 Å². The van der Waals surface area contributed by atoms with Gasteiger partial charge in [-0.1, -0.05) is 13.8 Å². The average molecular weight is 261 g/mol. The lowest BCUT2D eigenvalue weighted by Gasteiger charge is -2.31. The standard InChI is InChI=1S/C15H23N3O/c1-3-17(4-2)9-10-18-14-7-6-13(16)11-12(14)5-8-15(18)19/h6-7,11H,3-5,8-10,16H2,1-2H3. The second-order valence-electron chi connectivity index (χ2n) is 4.96. The van der Waals surface area contributed by atoms with Gasteiger partial charge in [-0.05, 0) is 43.3 Å². The summed E-state index contributed by atoms with van der Waals surface area (Å²) in [6.45, 7) is 8.02. The third-order valence-corrected chi connectivity index (χ3v) is 3.84. The second kappa shape index (κ2) is 6.06. The van der Waals surface area contributed by atoms with Crippen molar-refractivity contribution >= 4 is 17.3 Å². The number of anilines is 2. The van der Waals surface area contributed by atoms with Crippen LogP contribution in [0.3, 0.4) is 0 Å². The Labute approximate surface area is 115 Å². The first-order valence-electron chi connectivity index (χ1n) is 7.06. The number of hydrogen-bond acceptors (Lipinski definition) is 3. The van der Waals surface area contributed by atoms with Gasteiger partial charge in [-0.3, -0.25) is 4.79 Å². The third kappa shape index (κ3) is 3.07. The fourth-order valence-corrected chi connectivity index (χ4v) is 2.61. The highest BCUT2D eigenvalue weighted by molar-refractivity contribution is 5.96. The van der Waals surface area contributed by atoms with E-state index in [1.165, 1.54) is 5.56 Å². The molecule has 0 unspecified atom stereocenters. The van der Waals surface area contributed by atoms with Crippen molar-refractivity contribution in [3.05, 3.63) is 23.8 Å². The number of amides is 1. The molecule has 104 valence electrons. The van der Waals surface area contributed by atoms with E-state index < -0.39 is 0 Å². The first-order chi connectivity index (χ1) is 9.15. The zero-order chi connectivity index (χ0) is 13.8. The summed E-state index contributed by atoms with van der Waals surface area (Å²) < 4.78 is 0. The van der Waals surface area contributed by atoms with Gasteiger partial charge in [0.25, 0.3) is 0 Å². The normalized spacial score (nSPS) is 14.9. The summed E-state index contributed by atoms with van der Waals surface area (Å²) >= 11 is 0. The summed E-state index contributed by atoms with van der Waals surface area (Å²) in [6, 6.07) is 5.85. The molecule has 0 fully saturated rings. The first-order valence-corrected chi connectivity index (χ1v) is 7.06. The van der Waals surface area contributed by atoms with Crippen molar-refractivity contribution in [2.75, 3.05) is 36.8 Å². The molecule has 0 spiro atoms. The smallest absolute Gasteiger partial charge is 0.227 e. The van der Waals surface area contributed by atoms with Gasteiger partial charge in [-0.25, -0.2) is 0 Å². The van der Waals surface area contributed by atoms with E-state index in [-0.39, 0.29) is 5.91 Å². The Bertz CT molecular complexity index is 455. The number of benzene rings is 1. The minimum atomic E-state index is 0.226. The van der Waals surface area contributed by atoms with Gasteiger partial charge in [-0.15, -0.1) is 0 Å². The SMILES string of the molecule is CCN(CC)CCN1C(=O)CCc2cc(N)ccc21. The van der Waals surface area contributed by atoms with Crippen LogP contribution in [0.15, 0.2) is 18.2 Å². The van der Waals surface area contributed by atoms with Gasteiger partial charge in [0, 0.05) is 30.9 Å². The fourth-order valence-electron chi connectivity index (χ4n) is 2.61. The van der Waals surface area contributed by atoms with Crippen LogP contribution in [-0.4, -0.2) is 37.0 Å². The molecule has 2 N–H and O–H groups in total. The summed E-state index contributed by atoms with van der Waals surface area (Å²) in [7, 11) is 0. The highest BCUT2D eigenvalue weighted by atomic mass is 16.2. The molecule has 19 heavy (non-hydrogen) atoms. The van der Waals surface area contributed by atoms with E-state index in [0.29, 0.717) is 6.42 Å². The lowest BCUT2D eigenvalue weighted by Crippen LogP contribution is -2.41. The van der Waals surface area contributed by atoms with Gasteiger partial charge >= 0.3 is 0 Å². The maximum atomic E-state index is 12.1. The number of carbonyl (C=O) groups is 1. The van der Waals surface area contributed by atoms with Crippen LogP contribution in [0.25, 0.3) is 0 Å². The highest BCUT2D eigenvalue weighted by Crippen LogP contribution is 2.29. The van der Waals surface area contributed by atoms with E-state index in [9.17, 15) is 4.79 Å². The van der Waals surface area contributed by atoms with Gasteiger partial charge in [0.2, 0.25) is 5.91 Å². The predicted molar refractivity (Wildman–Crippen MR) is 79.3 cm³/mol. The molecular formula is C15H23N3O. The van der Waals surface area contributed by atoms with Crippen LogP contribution < -0.4 is 10.6 Å². The summed E-state index contributed by atoms with van der Waals surface area (Å²) in [5, 5.41) is 0. The largest absolute Gasteiger partial charge is 0.399 e. The number of nitrogens with two attached hydrogens (primary N) is 1. The Morgan fingerprint density at radius 2 is 2.00 bits per heavy atom. The Morgan fingerprint density at radius 3 is 2.68 bits per heavy atom. The third-order valence-electron chi connectivity index (χ3n) is 3.84. The molecule has 1 aliphatic heterocycles. The zero-order valence-electron chi connectivity index (χ0n) is 11.9. The molecule has 1 heterocycles. The molecule has 4 nitrogen and oxygen atoms in total. The molecule has 0 bridgehead atoms. The Morgan fingerprint density at radius 1 is 1.26 bits per heavy atom. The number of aryl methyl sites for hydroxylation is 1. The summed E-state index contributed by atoms with van der Waals surface area (Å²) in [6.07, 6.45) is 1.40. The topological polar surface area (TPSA) is 49.6 Å². The van der Waals surface area contributed by atoms with E-state index in [1.807, 2.05) is 23.1 Å². The van der Waals surface area contributed by atoms with E-state index in [0.717, 1.165) is 44.0 Å². The molecule has 1 aromatic rings. The van der Waals surface area contributed by atoms with Crippen LogP contribution in [0.4, 0.5) is 11.4 Å². The van der Waals surface area contributed by atoms with E-state index >= 15 is 0 Å². The number of nitrogens with zero attached hydrogens (tertiary/aromatic N) is 2. The second-order valence-corrected chi connectivity index (χ2v) is 4.96. The molecule has 0 radical (unpaired) electrons. The van der Waals surface area contributed by atoms with Crippen molar-refractivity contribution in [1.82, 2.24) is 4.90 Å². The lowest BCUT2D eigenvalue weighted by molar-refractivity contribution is -0.118. The molecule has 0 atom stereocenters. The van der Waals surface area contributed by atoms with Crippen molar-refractivity contribution in [2.45, 2.75) is 26.7 Å². The summed E-state index contributed by atoms with van der Waals surface area (Å²) in [4.78, 5) is 16.4. The van der Waals surface area contributed by atoms with E-state index in [1.54, 1.807) is 0 Å². The number of rotatable bonds is 5. The first kappa shape index (κ1) is 13.9. The number of likely N-dealkylation sites (N-methyl/N-ethyl adjacent to an activating group) is 1. The monoisotopic (exact) mass is 261 g/mol. The molecule has 2 rings (SSSR count). The quantitative estimate of drug-likeness (QED) is 0.823. The van der Waals surface area contributed by atoms with Gasteiger partial charge in [0.15, 0.2) is 0 Å². The maximum Gasteiger partial charge on any atom is 0.227 e. The molecule has 0 aromatic heterocycles.